The number of nitrogens with zero attached hydrogens (tertiary/aromatic N) is 1. The highest BCUT2D eigenvalue weighted by Gasteiger charge is 2.05. The maximum atomic E-state index is 11.9. The zero-order chi connectivity index (χ0) is 17.4. The van der Waals surface area contributed by atoms with Gasteiger partial charge in [0.2, 0.25) is 0 Å². The molecule has 5 heteroatoms. The number of urea groups is 1. The van der Waals surface area contributed by atoms with Crippen LogP contribution in [0.5, 0.6) is 5.75 Å². The van der Waals surface area contributed by atoms with Crippen molar-refractivity contribution in [3.63, 3.8) is 0 Å². The van der Waals surface area contributed by atoms with E-state index < -0.39 is 0 Å². The van der Waals surface area contributed by atoms with E-state index in [0.29, 0.717) is 11.4 Å². The van der Waals surface area contributed by atoms with Crippen LogP contribution in [0.1, 0.15) is 5.56 Å². The Labute approximate surface area is 142 Å². The molecule has 0 fully saturated rings. The van der Waals surface area contributed by atoms with Crippen molar-refractivity contribution in [3.05, 3.63) is 54.1 Å². The van der Waals surface area contributed by atoms with Gasteiger partial charge in [-0.2, -0.15) is 0 Å². The van der Waals surface area contributed by atoms with Gasteiger partial charge in [-0.3, -0.25) is 0 Å². The molecule has 0 heterocycles. The zero-order valence-corrected chi connectivity index (χ0v) is 14.1. The van der Waals surface area contributed by atoms with Crippen LogP contribution in [0.2, 0.25) is 0 Å². The third-order valence-corrected chi connectivity index (χ3v) is 3.30. The smallest absolute Gasteiger partial charge is 0.320 e. The predicted molar refractivity (Wildman–Crippen MR) is 97.7 cm³/mol. The number of amides is 2. The first-order valence-electron chi connectivity index (χ1n) is 7.55. The first-order chi connectivity index (χ1) is 11.6. The number of anilines is 2. The molecule has 2 rings (SSSR count). The molecule has 24 heavy (non-hydrogen) atoms. The topological polar surface area (TPSA) is 53.6 Å². The lowest BCUT2D eigenvalue weighted by Gasteiger charge is -2.13. The molecule has 0 saturated carbocycles. The Balaban J connectivity index is 1.92. The number of para-hydroxylation sites is 3. The van der Waals surface area contributed by atoms with Gasteiger partial charge in [-0.05, 0) is 24.3 Å². The van der Waals surface area contributed by atoms with Crippen LogP contribution in [0.4, 0.5) is 16.2 Å². The molecule has 2 aromatic carbocycles. The summed E-state index contributed by atoms with van der Waals surface area (Å²) in [6.45, 7) is 0.253. The highest BCUT2D eigenvalue weighted by Crippen LogP contribution is 2.22. The molecule has 0 atom stereocenters. The molecule has 0 spiro atoms. The number of hydrogen-bond acceptors (Lipinski definition) is 3. The molecule has 0 bridgehead atoms. The lowest BCUT2D eigenvalue weighted by atomic mass is 10.1. The molecular weight excluding hydrogens is 302 g/mol. The average Bonchev–Trinajstić information content (AvgIpc) is 2.59. The van der Waals surface area contributed by atoms with Crippen LogP contribution in [0, 0.1) is 11.8 Å². The average molecular weight is 323 g/mol. The Morgan fingerprint density at radius 2 is 1.83 bits per heavy atom. The molecule has 0 aromatic heterocycles. The van der Waals surface area contributed by atoms with E-state index in [2.05, 4.69) is 22.5 Å². The van der Waals surface area contributed by atoms with Crippen molar-refractivity contribution < 1.29 is 9.53 Å². The largest absolute Gasteiger partial charge is 0.495 e. The first-order valence-corrected chi connectivity index (χ1v) is 7.55. The SMILES string of the molecule is COc1ccccc1NC(=O)NCC#Cc1ccccc1N(C)C. The monoisotopic (exact) mass is 323 g/mol. The van der Waals surface area contributed by atoms with Crippen molar-refractivity contribution in [2.75, 3.05) is 38.0 Å². The predicted octanol–water partition coefficient (Wildman–Crippen LogP) is 2.93. The summed E-state index contributed by atoms with van der Waals surface area (Å²) in [5.74, 6) is 6.65. The number of carbonyl (C=O) groups excluding carboxylic acids is 1. The van der Waals surface area contributed by atoms with E-state index in [1.807, 2.05) is 55.4 Å². The number of ether oxygens (including phenoxy) is 1. The van der Waals surface area contributed by atoms with Crippen molar-refractivity contribution in [1.82, 2.24) is 5.32 Å². The van der Waals surface area contributed by atoms with Crippen molar-refractivity contribution in [2.45, 2.75) is 0 Å². The number of hydrogen-bond donors (Lipinski definition) is 2. The van der Waals surface area contributed by atoms with Gasteiger partial charge in [0.05, 0.1) is 25.0 Å². The van der Waals surface area contributed by atoms with Crippen LogP contribution in [0.15, 0.2) is 48.5 Å². The van der Waals surface area contributed by atoms with Gasteiger partial charge in [0.25, 0.3) is 0 Å². The van der Waals surface area contributed by atoms with Crippen LogP contribution >= 0.6 is 0 Å². The van der Waals surface area contributed by atoms with Crippen molar-refractivity contribution in [3.8, 4) is 17.6 Å². The quantitative estimate of drug-likeness (QED) is 0.851. The summed E-state index contributed by atoms with van der Waals surface area (Å²) >= 11 is 0. The Hall–Kier alpha value is -3.13. The lowest BCUT2D eigenvalue weighted by molar-refractivity contribution is 0.253. The summed E-state index contributed by atoms with van der Waals surface area (Å²) in [6.07, 6.45) is 0. The molecule has 0 saturated heterocycles. The van der Waals surface area contributed by atoms with Crippen molar-refractivity contribution >= 4 is 17.4 Å². The maximum absolute atomic E-state index is 11.9. The van der Waals surface area contributed by atoms with E-state index in [-0.39, 0.29) is 12.6 Å². The Morgan fingerprint density at radius 3 is 2.58 bits per heavy atom. The van der Waals surface area contributed by atoms with Gasteiger partial charge in [0, 0.05) is 19.7 Å². The van der Waals surface area contributed by atoms with Gasteiger partial charge in [-0.15, -0.1) is 0 Å². The summed E-state index contributed by atoms with van der Waals surface area (Å²) in [5.41, 5.74) is 2.58. The van der Waals surface area contributed by atoms with E-state index in [0.717, 1.165) is 11.3 Å². The molecule has 2 amide bonds. The van der Waals surface area contributed by atoms with Crippen LogP contribution in [-0.4, -0.2) is 33.8 Å². The number of rotatable bonds is 4. The normalized spacial score (nSPS) is 9.46. The summed E-state index contributed by atoms with van der Waals surface area (Å²) in [4.78, 5) is 13.9. The molecular formula is C19H21N3O2. The summed E-state index contributed by atoms with van der Waals surface area (Å²) in [7, 11) is 5.50. The van der Waals surface area contributed by atoms with Gasteiger partial charge >= 0.3 is 6.03 Å². The highest BCUT2D eigenvalue weighted by molar-refractivity contribution is 5.91. The van der Waals surface area contributed by atoms with Gasteiger partial charge in [0.15, 0.2) is 0 Å². The van der Waals surface area contributed by atoms with Crippen LogP contribution in [0.3, 0.4) is 0 Å². The minimum atomic E-state index is -0.324. The third-order valence-electron chi connectivity index (χ3n) is 3.30. The van der Waals surface area contributed by atoms with Gasteiger partial charge in [-0.1, -0.05) is 36.1 Å². The fraction of sp³-hybridized carbons (Fsp3) is 0.211. The first kappa shape index (κ1) is 17.2. The van der Waals surface area contributed by atoms with E-state index in [1.54, 1.807) is 19.2 Å². The van der Waals surface area contributed by atoms with Crippen molar-refractivity contribution in [1.29, 1.82) is 0 Å². The van der Waals surface area contributed by atoms with E-state index >= 15 is 0 Å². The summed E-state index contributed by atoms with van der Waals surface area (Å²) in [5, 5.41) is 5.45. The fourth-order valence-electron chi connectivity index (χ4n) is 2.15. The van der Waals surface area contributed by atoms with E-state index in [4.69, 9.17) is 4.74 Å². The molecule has 0 aliphatic heterocycles. The summed E-state index contributed by atoms with van der Waals surface area (Å²) in [6, 6.07) is 14.8. The molecule has 124 valence electrons. The standard InChI is InChI=1S/C19H21N3O2/c1-22(2)17-12-6-4-9-15(17)10-8-14-20-19(23)21-16-11-5-7-13-18(16)24-3/h4-7,9,11-13H,14H2,1-3H3,(H2,20,21,23). The second-order valence-corrected chi connectivity index (χ2v) is 5.22. The molecule has 0 radical (unpaired) electrons. The van der Waals surface area contributed by atoms with E-state index in [1.165, 1.54) is 0 Å². The number of nitrogens with one attached hydrogen (secondary N) is 2. The Kier molecular flexibility index (Phi) is 6.09. The Morgan fingerprint density at radius 1 is 1.12 bits per heavy atom. The molecule has 0 aliphatic rings. The second-order valence-electron chi connectivity index (χ2n) is 5.22. The third kappa shape index (κ3) is 4.68. The molecule has 5 nitrogen and oxygen atoms in total. The number of carbonyl (C=O) groups is 1. The van der Waals surface area contributed by atoms with Crippen molar-refractivity contribution in [2.24, 2.45) is 0 Å². The van der Waals surface area contributed by atoms with Crippen LogP contribution < -0.4 is 20.3 Å². The zero-order valence-electron chi connectivity index (χ0n) is 14.1. The minimum absolute atomic E-state index is 0.253. The number of benzene rings is 2. The van der Waals surface area contributed by atoms with Gasteiger partial charge in [0.1, 0.15) is 5.75 Å². The van der Waals surface area contributed by atoms with E-state index in [9.17, 15) is 4.79 Å². The second kappa shape index (κ2) is 8.49. The van der Waals surface area contributed by atoms with Gasteiger partial charge in [-0.25, -0.2) is 4.79 Å². The lowest BCUT2D eigenvalue weighted by Crippen LogP contribution is -2.29. The fourth-order valence-corrected chi connectivity index (χ4v) is 2.15. The highest BCUT2D eigenvalue weighted by atomic mass is 16.5. The van der Waals surface area contributed by atoms with Gasteiger partial charge < -0.3 is 20.3 Å². The maximum Gasteiger partial charge on any atom is 0.320 e. The van der Waals surface area contributed by atoms with Crippen LogP contribution in [0.25, 0.3) is 0 Å². The molecule has 2 N–H and O–H groups in total. The summed E-state index contributed by atoms with van der Waals surface area (Å²) < 4.78 is 5.19. The van der Waals surface area contributed by atoms with Crippen LogP contribution in [-0.2, 0) is 0 Å². The molecule has 0 aliphatic carbocycles. The Bertz CT molecular complexity index is 760. The number of methoxy groups -OCH3 is 1. The molecule has 2 aromatic rings. The molecule has 0 unspecified atom stereocenters. The minimum Gasteiger partial charge on any atom is -0.495 e.